The lowest BCUT2D eigenvalue weighted by Gasteiger charge is -2.29. The molecule has 0 amide bonds. The fourth-order valence-electron chi connectivity index (χ4n) is 5.87. The number of hydrogen-bond donors (Lipinski definition) is 0. The number of nitrogens with zero attached hydrogens (tertiary/aromatic N) is 3. The summed E-state index contributed by atoms with van der Waals surface area (Å²) in [7, 11) is 0. The summed E-state index contributed by atoms with van der Waals surface area (Å²) in [5.74, 6) is 0.638. The Morgan fingerprint density at radius 3 is 2.21 bits per heavy atom. The highest BCUT2D eigenvalue weighted by Crippen LogP contribution is 2.34. The Kier molecular flexibility index (Phi) is 10.8. The zero-order valence-electron chi connectivity index (χ0n) is 26.1. The Bertz CT molecular complexity index is 1460. The Morgan fingerprint density at radius 1 is 0.884 bits per heavy atom. The number of aromatic nitrogens is 1. The molecule has 3 aromatic carbocycles. The highest BCUT2D eigenvalue weighted by molar-refractivity contribution is 5.82. The van der Waals surface area contributed by atoms with Gasteiger partial charge in [-0.2, -0.15) is 0 Å². The minimum atomic E-state index is 0.111. The second-order valence-electron chi connectivity index (χ2n) is 12.1. The van der Waals surface area contributed by atoms with E-state index in [4.69, 9.17) is 14.6 Å². The van der Waals surface area contributed by atoms with E-state index in [1.54, 1.807) is 0 Å². The van der Waals surface area contributed by atoms with Gasteiger partial charge in [0.05, 0.1) is 29.8 Å². The molecule has 5 rings (SSSR count). The van der Waals surface area contributed by atoms with Crippen LogP contribution in [0, 0.1) is 11.8 Å². The van der Waals surface area contributed by atoms with Gasteiger partial charge in [-0.3, -0.25) is 9.88 Å². The van der Waals surface area contributed by atoms with Crippen LogP contribution in [0.15, 0.2) is 102 Å². The van der Waals surface area contributed by atoms with Crippen LogP contribution in [0.4, 0.5) is 0 Å². The molecular weight excluding hydrogens is 530 g/mol. The SMILES string of the molecule is C/C(CCN1CCc2cc(-c3ccccc3)c(-c3ccccc3)nc2C1)=N\OC[C@@H](C)[C@H](OCc1ccccc1)C(C)C. The first-order valence-electron chi connectivity index (χ1n) is 15.6. The Morgan fingerprint density at radius 2 is 1.53 bits per heavy atom. The molecule has 4 aromatic rings. The van der Waals surface area contributed by atoms with Crippen LogP contribution in [0.25, 0.3) is 22.4 Å². The number of fused-ring (bicyclic) bond motifs is 1. The molecule has 0 fully saturated rings. The Labute approximate surface area is 257 Å². The average molecular weight is 576 g/mol. The van der Waals surface area contributed by atoms with Crippen molar-refractivity contribution in [1.29, 1.82) is 0 Å². The highest BCUT2D eigenvalue weighted by Gasteiger charge is 2.23. The van der Waals surface area contributed by atoms with E-state index >= 15 is 0 Å². The third-order valence-corrected chi connectivity index (χ3v) is 8.24. The standard InChI is InChI=1S/C38H45N3O2/c1-28(2)38(42-27-31-14-8-5-9-15-31)29(3)26-43-40-30(4)20-22-41-23-21-34-24-35(32-16-10-6-11-17-32)37(39-36(34)25-41)33-18-12-7-13-19-33/h5-19,24,28-29,38H,20-23,25-27H2,1-4H3/b40-30+/t29-,38-/m1/s1. The van der Waals surface area contributed by atoms with Gasteiger partial charge >= 0.3 is 0 Å². The predicted molar refractivity (Wildman–Crippen MR) is 177 cm³/mol. The maximum Gasteiger partial charge on any atom is 0.122 e. The molecule has 5 heteroatoms. The molecule has 2 atom stereocenters. The Balaban J connectivity index is 1.16. The maximum absolute atomic E-state index is 6.29. The normalized spacial score (nSPS) is 15.2. The van der Waals surface area contributed by atoms with E-state index in [9.17, 15) is 0 Å². The van der Waals surface area contributed by atoms with Gasteiger partial charge in [-0.25, -0.2) is 0 Å². The molecule has 0 aliphatic carbocycles. The van der Waals surface area contributed by atoms with Crippen LogP contribution < -0.4 is 0 Å². The summed E-state index contributed by atoms with van der Waals surface area (Å²) in [6, 6.07) is 33.9. The summed E-state index contributed by atoms with van der Waals surface area (Å²) < 4.78 is 6.29. The lowest BCUT2D eigenvalue weighted by molar-refractivity contribution is -0.0483. The van der Waals surface area contributed by atoms with Crippen LogP contribution in [0.2, 0.25) is 0 Å². The molecule has 0 radical (unpaired) electrons. The van der Waals surface area contributed by atoms with Gasteiger partial charge in [0.15, 0.2) is 0 Å². The zero-order chi connectivity index (χ0) is 30.0. The van der Waals surface area contributed by atoms with Crippen molar-refractivity contribution in [2.75, 3.05) is 19.7 Å². The molecule has 0 N–H and O–H groups in total. The van der Waals surface area contributed by atoms with Crippen LogP contribution in [0.3, 0.4) is 0 Å². The smallest absolute Gasteiger partial charge is 0.122 e. The van der Waals surface area contributed by atoms with Crippen molar-refractivity contribution in [3.63, 3.8) is 0 Å². The van der Waals surface area contributed by atoms with Gasteiger partial charge in [0.1, 0.15) is 6.61 Å². The van der Waals surface area contributed by atoms with E-state index in [1.807, 2.05) is 6.07 Å². The summed E-state index contributed by atoms with van der Waals surface area (Å²) >= 11 is 0. The van der Waals surface area contributed by atoms with Gasteiger partial charge in [0.2, 0.25) is 0 Å². The largest absolute Gasteiger partial charge is 0.395 e. The lowest BCUT2D eigenvalue weighted by Crippen LogP contribution is -2.33. The van der Waals surface area contributed by atoms with Crippen LogP contribution in [-0.2, 0) is 29.1 Å². The van der Waals surface area contributed by atoms with Gasteiger partial charge in [-0.1, -0.05) is 117 Å². The first kappa shape index (κ1) is 30.7. The molecule has 0 bridgehead atoms. The third kappa shape index (κ3) is 8.40. The lowest BCUT2D eigenvalue weighted by atomic mass is 9.94. The zero-order valence-corrected chi connectivity index (χ0v) is 26.1. The van der Waals surface area contributed by atoms with Crippen molar-refractivity contribution in [1.82, 2.24) is 9.88 Å². The molecule has 0 saturated carbocycles. The highest BCUT2D eigenvalue weighted by atomic mass is 16.6. The Hall–Kier alpha value is -3.80. The van der Waals surface area contributed by atoms with E-state index in [-0.39, 0.29) is 12.0 Å². The van der Waals surface area contributed by atoms with Crippen molar-refractivity contribution < 1.29 is 9.57 Å². The van der Waals surface area contributed by atoms with Gasteiger partial charge in [-0.15, -0.1) is 0 Å². The van der Waals surface area contributed by atoms with Gasteiger partial charge in [0.25, 0.3) is 0 Å². The molecule has 1 aliphatic heterocycles. The second kappa shape index (κ2) is 15.1. The molecule has 43 heavy (non-hydrogen) atoms. The number of hydrogen-bond acceptors (Lipinski definition) is 5. The van der Waals surface area contributed by atoms with Gasteiger partial charge in [-0.05, 0) is 42.0 Å². The van der Waals surface area contributed by atoms with Crippen molar-refractivity contribution in [3.05, 3.63) is 114 Å². The number of pyridine rings is 1. The minimum Gasteiger partial charge on any atom is -0.395 e. The first-order valence-corrected chi connectivity index (χ1v) is 15.6. The molecular formula is C38H45N3O2. The monoisotopic (exact) mass is 575 g/mol. The number of ether oxygens (including phenoxy) is 1. The maximum atomic E-state index is 6.29. The minimum absolute atomic E-state index is 0.111. The van der Waals surface area contributed by atoms with Crippen LogP contribution in [-0.4, -0.2) is 41.4 Å². The second-order valence-corrected chi connectivity index (χ2v) is 12.1. The predicted octanol–water partition coefficient (Wildman–Crippen LogP) is 8.43. The fraction of sp³-hybridized carbons (Fsp3) is 0.368. The van der Waals surface area contributed by atoms with Crippen molar-refractivity contribution >= 4 is 5.71 Å². The molecule has 2 heterocycles. The number of rotatable bonds is 13. The van der Waals surface area contributed by atoms with E-state index in [0.717, 1.165) is 49.4 Å². The summed E-state index contributed by atoms with van der Waals surface area (Å²) in [4.78, 5) is 13.6. The average Bonchev–Trinajstić information content (AvgIpc) is 3.04. The molecule has 1 aliphatic rings. The summed E-state index contributed by atoms with van der Waals surface area (Å²) in [5, 5.41) is 4.47. The topological polar surface area (TPSA) is 47.0 Å². The van der Waals surface area contributed by atoms with Crippen LogP contribution in [0.5, 0.6) is 0 Å². The van der Waals surface area contributed by atoms with Crippen molar-refractivity contribution in [3.8, 4) is 22.4 Å². The fourth-order valence-corrected chi connectivity index (χ4v) is 5.87. The van der Waals surface area contributed by atoms with E-state index < -0.39 is 0 Å². The van der Waals surface area contributed by atoms with Gasteiger partial charge < -0.3 is 9.57 Å². The summed E-state index contributed by atoms with van der Waals surface area (Å²) in [6.07, 6.45) is 1.98. The van der Waals surface area contributed by atoms with Crippen molar-refractivity contribution in [2.45, 2.75) is 59.8 Å². The number of benzene rings is 3. The molecule has 5 nitrogen and oxygen atoms in total. The van der Waals surface area contributed by atoms with Crippen molar-refractivity contribution in [2.24, 2.45) is 17.0 Å². The van der Waals surface area contributed by atoms with E-state index in [2.05, 4.69) is 129 Å². The van der Waals surface area contributed by atoms with E-state index in [0.29, 0.717) is 19.1 Å². The molecule has 1 aromatic heterocycles. The van der Waals surface area contributed by atoms with E-state index in [1.165, 1.54) is 27.9 Å². The molecule has 224 valence electrons. The summed E-state index contributed by atoms with van der Waals surface area (Å²) in [6.45, 7) is 12.6. The molecule has 0 unspecified atom stereocenters. The summed E-state index contributed by atoms with van der Waals surface area (Å²) in [5.41, 5.74) is 9.37. The first-order chi connectivity index (χ1) is 21.0. The van der Waals surface area contributed by atoms with Gasteiger partial charge in [0, 0.05) is 43.1 Å². The third-order valence-electron chi connectivity index (χ3n) is 8.24. The molecule has 0 spiro atoms. The number of oxime groups is 1. The van der Waals surface area contributed by atoms with Crippen LogP contribution >= 0.6 is 0 Å². The molecule has 0 saturated heterocycles. The quantitative estimate of drug-likeness (QED) is 0.119. The van der Waals surface area contributed by atoms with Crippen LogP contribution in [0.1, 0.15) is 50.9 Å².